The maximum atomic E-state index is 6.02. The van der Waals surface area contributed by atoms with Gasteiger partial charge in [-0.3, -0.25) is 0 Å². The zero-order valence-electron chi connectivity index (χ0n) is 10.3. The van der Waals surface area contributed by atoms with Gasteiger partial charge in [-0.05, 0) is 26.2 Å². The van der Waals surface area contributed by atoms with E-state index in [0.29, 0.717) is 23.6 Å². The van der Waals surface area contributed by atoms with Crippen LogP contribution in [-0.4, -0.2) is 29.7 Å². The van der Waals surface area contributed by atoms with E-state index >= 15 is 0 Å². The largest absolute Gasteiger partial charge is 0.377 e. The molecule has 2 heterocycles. The normalized spacial score (nSPS) is 20.6. The van der Waals surface area contributed by atoms with Crippen molar-refractivity contribution in [2.24, 2.45) is 0 Å². The van der Waals surface area contributed by atoms with E-state index in [-0.39, 0.29) is 0 Å². The highest BCUT2D eigenvalue weighted by atomic mass is 35.5. The summed E-state index contributed by atoms with van der Waals surface area (Å²) in [4.78, 5) is 11.0. The van der Waals surface area contributed by atoms with Crippen LogP contribution in [0.4, 0.5) is 5.82 Å². The molecule has 1 fully saturated rings. The average Bonchev–Trinajstić information content (AvgIpc) is 2.29. The maximum Gasteiger partial charge on any atom is 0.158 e. The zero-order chi connectivity index (χ0) is 12.3. The molecule has 0 radical (unpaired) electrons. The van der Waals surface area contributed by atoms with Crippen LogP contribution in [0.1, 0.15) is 32.0 Å². The van der Waals surface area contributed by atoms with Gasteiger partial charge >= 0.3 is 0 Å². The Morgan fingerprint density at radius 2 is 2.29 bits per heavy atom. The number of piperidine rings is 1. The molecule has 0 aromatic carbocycles. The van der Waals surface area contributed by atoms with Crippen molar-refractivity contribution in [3.8, 4) is 0 Å². The standard InChI is InChI=1S/C12H18ClN3O/c1-9-5-3-4-6-16(9)12-7-10(13)14-11(15-12)8-17-2/h7,9H,3-6,8H2,1-2H3. The molecular weight excluding hydrogens is 238 g/mol. The average molecular weight is 256 g/mol. The van der Waals surface area contributed by atoms with Gasteiger partial charge < -0.3 is 9.64 Å². The van der Waals surface area contributed by atoms with Crippen molar-refractivity contribution in [3.05, 3.63) is 17.0 Å². The molecular formula is C12H18ClN3O. The van der Waals surface area contributed by atoms with Gasteiger partial charge in [-0.15, -0.1) is 0 Å². The minimum atomic E-state index is 0.399. The molecule has 0 N–H and O–H groups in total. The van der Waals surface area contributed by atoms with Crippen LogP contribution >= 0.6 is 11.6 Å². The number of hydrogen-bond donors (Lipinski definition) is 0. The molecule has 2 rings (SSSR count). The SMILES string of the molecule is COCc1nc(Cl)cc(N2CCCCC2C)n1. The fraction of sp³-hybridized carbons (Fsp3) is 0.667. The summed E-state index contributed by atoms with van der Waals surface area (Å²) in [6.07, 6.45) is 3.72. The first-order valence-electron chi connectivity index (χ1n) is 5.99. The maximum absolute atomic E-state index is 6.02. The lowest BCUT2D eigenvalue weighted by atomic mass is 10.0. The van der Waals surface area contributed by atoms with E-state index in [2.05, 4.69) is 21.8 Å². The van der Waals surface area contributed by atoms with Gasteiger partial charge in [0.25, 0.3) is 0 Å². The topological polar surface area (TPSA) is 38.2 Å². The van der Waals surface area contributed by atoms with Crippen molar-refractivity contribution >= 4 is 17.4 Å². The fourth-order valence-electron chi connectivity index (χ4n) is 2.23. The Morgan fingerprint density at radius 3 is 3.00 bits per heavy atom. The van der Waals surface area contributed by atoms with Crippen LogP contribution in [0.2, 0.25) is 5.15 Å². The molecule has 1 unspecified atom stereocenters. The Bertz CT molecular complexity index is 386. The molecule has 1 saturated heterocycles. The number of rotatable bonds is 3. The molecule has 94 valence electrons. The molecule has 1 aliphatic rings. The summed E-state index contributed by atoms with van der Waals surface area (Å²) in [6.45, 7) is 3.67. The van der Waals surface area contributed by atoms with Gasteiger partial charge in [0.15, 0.2) is 5.82 Å². The molecule has 0 bridgehead atoms. The van der Waals surface area contributed by atoms with Gasteiger partial charge in [0.2, 0.25) is 0 Å². The molecule has 0 spiro atoms. The third kappa shape index (κ3) is 3.07. The number of anilines is 1. The van der Waals surface area contributed by atoms with Crippen LogP contribution in [0.3, 0.4) is 0 Å². The van der Waals surface area contributed by atoms with E-state index in [4.69, 9.17) is 16.3 Å². The molecule has 1 aromatic heterocycles. The van der Waals surface area contributed by atoms with E-state index in [9.17, 15) is 0 Å². The van der Waals surface area contributed by atoms with Crippen LogP contribution in [0.5, 0.6) is 0 Å². The number of aromatic nitrogens is 2. The second-order valence-electron chi connectivity index (χ2n) is 4.44. The lowest BCUT2D eigenvalue weighted by molar-refractivity contribution is 0.178. The van der Waals surface area contributed by atoms with Crippen molar-refractivity contribution in [2.75, 3.05) is 18.6 Å². The first-order valence-corrected chi connectivity index (χ1v) is 6.37. The first-order chi connectivity index (χ1) is 8.20. The number of ether oxygens (including phenoxy) is 1. The lowest BCUT2D eigenvalue weighted by Crippen LogP contribution is -2.38. The third-order valence-corrected chi connectivity index (χ3v) is 3.29. The van der Waals surface area contributed by atoms with E-state index < -0.39 is 0 Å². The van der Waals surface area contributed by atoms with Crippen LogP contribution < -0.4 is 4.90 Å². The quantitative estimate of drug-likeness (QED) is 0.779. The molecule has 0 amide bonds. The van der Waals surface area contributed by atoms with E-state index in [0.717, 1.165) is 12.4 Å². The van der Waals surface area contributed by atoms with Gasteiger partial charge in [0.05, 0.1) is 0 Å². The van der Waals surface area contributed by atoms with Crippen molar-refractivity contribution < 1.29 is 4.74 Å². The Morgan fingerprint density at radius 1 is 1.47 bits per heavy atom. The number of nitrogens with zero attached hydrogens (tertiary/aromatic N) is 3. The molecule has 1 aromatic rings. The highest BCUT2D eigenvalue weighted by molar-refractivity contribution is 6.29. The van der Waals surface area contributed by atoms with Gasteiger partial charge in [0, 0.05) is 25.8 Å². The van der Waals surface area contributed by atoms with E-state index in [1.54, 1.807) is 7.11 Å². The zero-order valence-corrected chi connectivity index (χ0v) is 11.1. The molecule has 0 aliphatic carbocycles. The smallest absolute Gasteiger partial charge is 0.158 e. The Balaban J connectivity index is 2.24. The minimum Gasteiger partial charge on any atom is -0.377 e. The molecule has 0 saturated carbocycles. The molecule has 1 aliphatic heterocycles. The van der Waals surface area contributed by atoms with Crippen molar-refractivity contribution in [3.63, 3.8) is 0 Å². The van der Waals surface area contributed by atoms with Gasteiger partial charge in [-0.25, -0.2) is 9.97 Å². The lowest BCUT2D eigenvalue weighted by Gasteiger charge is -2.34. The van der Waals surface area contributed by atoms with Crippen molar-refractivity contribution in [1.82, 2.24) is 9.97 Å². The molecule has 4 nitrogen and oxygen atoms in total. The van der Waals surface area contributed by atoms with Crippen LogP contribution in [0.25, 0.3) is 0 Å². The highest BCUT2D eigenvalue weighted by Gasteiger charge is 2.20. The second kappa shape index (κ2) is 5.65. The van der Waals surface area contributed by atoms with Crippen molar-refractivity contribution in [1.29, 1.82) is 0 Å². The Hall–Kier alpha value is -0.870. The summed E-state index contributed by atoms with van der Waals surface area (Å²) in [5.41, 5.74) is 0. The molecule has 17 heavy (non-hydrogen) atoms. The van der Waals surface area contributed by atoms with Gasteiger partial charge in [-0.2, -0.15) is 0 Å². The summed E-state index contributed by atoms with van der Waals surface area (Å²) in [7, 11) is 1.63. The summed E-state index contributed by atoms with van der Waals surface area (Å²) < 4.78 is 5.05. The summed E-state index contributed by atoms with van der Waals surface area (Å²) >= 11 is 6.02. The van der Waals surface area contributed by atoms with Gasteiger partial charge in [-0.1, -0.05) is 11.6 Å². The number of halogens is 1. The van der Waals surface area contributed by atoms with Crippen LogP contribution in [0.15, 0.2) is 6.07 Å². The number of methoxy groups -OCH3 is 1. The summed E-state index contributed by atoms with van der Waals surface area (Å²) in [6, 6.07) is 2.35. The van der Waals surface area contributed by atoms with Gasteiger partial charge in [0.1, 0.15) is 17.6 Å². The fourth-order valence-corrected chi connectivity index (χ4v) is 2.43. The molecule has 1 atom stereocenters. The first kappa shape index (κ1) is 12.6. The van der Waals surface area contributed by atoms with E-state index in [1.165, 1.54) is 19.3 Å². The van der Waals surface area contributed by atoms with Crippen LogP contribution in [0, 0.1) is 0 Å². The summed E-state index contributed by atoms with van der Waals surface area (Å²) in [5.74, 6) is 1.57. The predicted octanol–water partition coefficient (Wildman–Crippen LogP) is 2.66. The van der Waals surface area contributed by atoms with E-state index in [1.807, 2.05) is 6.07 Å². The summed E-state index contributed by atoms with van der Waals surface area (Å²) in [5, 5.41) is 0.486. The monoisotopic (exact) mass is 255 g/mol. The van der Waals surface area contributed by atoms with Crippen molar-refractivity contribution in [2.45, 2.75) is 38.8 Å². The second-order valence-corrected chi connectivity index (χ2v) is 4.82. The molecule has 5 heteroatoms. The Kier molecular flexibility index (Phi) is 4.18. The highest BCUT2D eigenvalue weighted by Crippen LogP contribution is 2.24. The minimum absolute atomic E-state index is 0.399. The number of hydrogen-bond acceptors (Lipinski definition) is 4. The van der Waals surface area contributed by atoms with Crippen LogP contribution in [-0.2, 0) is 11.3 Å². The Labute approximate surface area is 107 Å². The predicted molar refractivity (Wildman–Crippen MR) is 68.4 cm³/mol. The third-order valence-electron chi connectivity index (χ3n) is 3.10.